The molecule has 2 heterocycles. The third kappa shape index (κ3) is 0.864. The molecule has 0 aliphatic carbocycles. The van der Waals surface area contributed by atoms with Crippen LogP contribution in [0.15, 0.2) is 0 Å². The maximum atomic E-state index is 3.44. The van der Waals surface area contributed by atoms with Gasteiger partial charge in [0, 0.05) is 31.6 Å². The van der Waals surface area contributed by atoms with E-state index in [-0.39, 0.29) is 0 Å². The van der Waals surface area contributed by atoms with Crippen LogP contribution in [0.2, 0.25) is 0 Å². The van der Waals surface area contributed by atoms with Crippen LogP contribution in [0.1, 0.15) is 6.92 Å². The molecular formula is C7H12N2. The molecule has 0 aromatic rings. The fourth-order valence-corrected chi connectivity index (χ4v) is 1.72. The lowest BCUT2D eigenvalue weighted by Crippen LogP contribution is -2.31. The second kappa shape index (κ2) is 1.96. The summed E-state index contributed by atoms with van der Waals surface area (Å²) in [5.74, 6) is 0.681. The molecule has 2 saturated heterocycles. The Morgan fingerprint density at radius 3 is 3.11 bits per heavy atom. The summed E-state index contributed by atoms with van der Waals surface area (Å²) in [5, 5.41) is 6.76. The number of nitrogens with one attached hydrogen (secondary N) is 2. The zero-order valence-electron chi connectivity index (χ0n) is 5.65. The van der Waals surface area contributed by atoms with Gasteiger partial charge in [-0.2, -0.15) is 0 Å². The summed E-state index contributed by atoms with van der Waals surface area (Å²) in [7, 11) is 0. The largest absolute Gasteiger partial charge is 0.315 e. The van der Waals surface area contributed by atoms with Gasteiger partial charge in [0.1, 0.15) is 0 Å². The summed E-state index contributed by atoms with van der Waals surface area (Å²) in [6, 6.07) is 1.20. The smallest absolute Gasteiger partial charge is 0.0241 e. The van der Waals surface area contributed by atoms with E-state index in [0.29, 0.717) is 18.0 Å². The van der Waals surface area contributed by atoms with E-state index in [1.54, 1.807) is 0 Å². The lowest BCUT2D eigenvalue weighted by molar-refractivity contribution is 0.556. The van der Waals surface area contributed by atoms with Crippen molar-refractivity contribution in [3.05, 3.63) is 6.42 Å². The molecule has 0 aromatic heterocycles. The highest BCUT2D eigenvalue weighted by atomic mass is 15.1. The van der Waals surface area contributed by atoms with Crippen LogP contribution in [0.5, 0.6) is 0 Å². The molecule has 3 atom stereocenters. The van der Waals surface area contributed by atoms with Crippen LogP contribution in [0, 0.1) is 12.3 Å². The summed E-state index contributed by atoms with van der Waals surface area (Å²) in [5.41, 5.74) is 0. The van der Waals surface area contributed by atoms with Crippen LogP contribution in [0.3, 0.4) is 0 Å². The number of rotatable bonds is 0. The van der Waals surface area contributed by atoms with Gasteiger partial charge in [0.15, 0.2) is 0 Å². The Bertz CT molecular complexity index is 101. The summed E-state index contributed by atoms with van der Waals surface area (Å²) in [6.07, 6.45) is 3.44. The molecule has 0 amide bonds. The molecule has 50 valence electrons. The van der Waals surface area contributed by atoms with Crippen LogP contribution < -0.4 is 10.6 Å². The molecule has 2 aliphatic heterocycles. The van der Waals surface area contributed by atoms with Gasteiger partial charge >= 0.3 is 0 Å². The van der Waals surface area contributed by atoms with Crippen molar-refractivity contribution in [2.24, 2.45) is 5.92 Å². The Kier molecular flexibility index (Phi) is 1.24. The van der Waals surface area contributed by atoms with Crippen molar-refractivity contribution < 1.29 is 0 Å². The van der Waals surface area contributed by atoms with Crippen molar-refractivity contribution >= 4 is 0 Å². The van der Waals surface area contributed by atoms with Gasteiger partial charge in [-0.15, -0.1) is 0 Å². The van der Waals surface area contributed by atoms with Gasteiger partial charge in [0.2, 0.25) is 0 Å². The van der Waals surface area contributed by atoms with Crippen molar-refractivity contribution in [3.8, 4) is 0 Å². The molecule has 0 bridgehead atoms. The Balaban J connectivity index is 2.02. The molecule has 2 aliphatic rings. The van der Waals surface area contributed by atoms with Crippen molar-refractivity contribution in [2.45, 2.75) is 19.0 Å². The topological polar surface area (TPSA) is 24.1 Å². The van der Waals surface area contributed by atoms with Gasteiger partial charge in [-0.1, -0.05) is 0 Å². The van der Waals surface area contributed by atoms with Gasteiger partial charge in [0.25, 0.3) is 0 Å². The van der Waals surface area contributed by atoms with E-state index in [0.717, 1.165) is 13.1 Å². The Morgan fingerprint density at radius 1 is 1.44 bits per heavy atom. The van der Waals surface area contributed by atoms with Crippen LogP contribution in [0.25, 0.3) is 0 Å². The minimum absolute atomic E-state index is 0.516. The molecule has 2 rings (SSSR count). The zero-order valence-corrected chi connectivity index (χ0v) is 5.65. The summed E-state index contributed by atoms with van der Waals surface area (Å²) in [4.78, 5) is 0. The van der Waals surface area contributed by atoms with Gasteiger partial charge in [-0.3, -0.25) is 0 Å². The highest BCUT2D eigenvalue weighted by Gasteiger charge is 2.35. The fourth-order valence-electron chi connectivity index (χ4n) is 1.72. The maximum Gasteiger partial charge on any atom is 0.0241 e. The number of fused-ring (bicyclic) bond motifs is 1. The van der Waals surface area contributed by atoms with Crippen molar-refractivity contribution in [2.75, 3.05) is 13.1 Å². The third-order valence-electron chi connectivity index (χ3n) is 2.14. The SMILES string of the molecule is CC1[C]C2CNCC2N1. The first-order valence-corrected chi connectivity index (χ1v) is 3.59. The van der Waals surface area contributed by atoms with Crippen molar-refractivity contribution in [1.29, 1.82) is 0 Å². The van der Waals surface area contributed by atoms with E-state index in [9.17, 15) is 0 Å². The first kappa shape index (κ1) is 5.69. The molecule has 0 saturated carbocycles. The second-order valence-corrected chi connectivity index (χ2v) is 2.93. The molecule has 2 N–H and O–H groups in total. The molecule has 2 nitrogen and oxygen atoms in total. The predicted molar refractivity (Wildman–Crippen MR) is 36.0 cm³/mol. The lowest BCUT2D eigenvalue weighted by atomic mass is 10.0. The Labute approximate surface area is 56.0 Å². The Morgan fingerprint density at radius 2 is 2.33 bits per heavy atom. The molecule has 9 heavy (non-hydrogen) atoms. The normalized spacial score (nSPS) is 49.7. The maximum absolute atomic E-state index is 3.44. The minimum Gasteiger partial charge on any atom is -0.315 e. The van der Waals surface area contributed by atoms with E-state index >= 15 is 0 Å². The summed E-state index contributed by atoms with van der Waals surface area (Å²) < 4.78 is 0. The van der Waals surface area contributed by atoms with Crippen molar-refractivity contribution in [1.82, 2.24) is 10.6 Å². The monoisotopic (exact) mass is 124 g/mol. The average Bonchev–Trinajstić information content (AvgIpc) is 2.22. The molecular weight excluding hydrogens is 112 g/mol. The number of hydrogen-bond donors (Lipinski definition) is 2. The minimum atomic E-state index is 0.516. The van der Waals surface area contributed by atoms with Gasteiger partial charge in [-0.25, -0.2) is 0 Å². The lowest BCUT2D eigenvalue weighted by Gasteiger charge is -2.05. The quantitative estimate of drug-likeness (QED) is 0.461. The fraction of sp³-hybridized carbons (Fsp3) is 0.857. The molecule has 3 unspecified atom stereocenters. The molecule has 0 aromatic carbocycles. The van der Waals surface area contributed by atoms with Gasteiger partial charge < -0.3 is 10.6 Å². The standard InChI is InChI=1S/C7H12N2/c1-5-2-6-3-8-4-7(6)9-5/h5-9H,3-4H2,1H3. The van der Waals surface area contributed by atoms with E-state index in [1.807, 2.05) is 0 Å². The first-order chi connectivity index (χ1) is 4.36. The van der Waals surface area contributed by atoms with E-state index in [1.165, 1.54) is 0 Å². The van der Waals surface area contributed by atoms with E-state index in [4.69, 9.17) is 0 Å². The summed E-state index contributed by atoms with van der Waals surface area (Å²) in [6.45, 7) is 4.42. The van der Waals surface area contributed by atoms with Crippen LogP contribution in [0.4, 0.5) is 0 Å². The summed E-state index contributed by atoms with van der Waals surface area (Å²) >= 11 is 0. The molecule has 0 spiro atoms. The predicted octanol–water partition coefficient (Wildman–Crippen LogP) is -0.353. The van der Waals surface area contributed by atoms with Gasteiger partial charge in [-0.05, 0) is 12.8 Å². The highest BCUT2D eigenvalue weighted by Crippen LogP contribution is 2.21. The van der Waals surface area contributed by atoms with Crippen LogP contribution >= 0.6 is 0 Å². The average molecular weight is 124 g/mol. The van der Waals surface area contributed by atoms with Crippen LogP contribution in [-0.2, 0) is 0 Å². The highest BCUT2D eigenvalue weighted by molar-refractivity contribution is 5.06. The second-order valence-electron chi connectivity index (χ2n) is 2.93. The zero-order chi connectivity index (χ0) is 6.27. The van der Waals surface area contributed by atoms with Crippen LogP contribution in [-0.4, -0.2) is 25.2 Å². The first-order valence-electron chi connectivity index (χ1n) is 3.59. The molecule has 2 radical (unpaired) electrons. The number of hydrogen-bond acceptors (Lipinski definition) is 2. The van der Waals surface area contributed by atoms with E-state index < -0.39 is 0 Å². The molecule has 2 heteroatoms. The molecule has 2 fully saturated rings. The van der Waals surface area contributed by atoms with Crippen molar-refractivity contribution in [3.63, 3.8) is 0 Å². The van der Waals surface area contributed by atoms with E-state index in [2.05, 4.69) is 24.0 Å². The Hall–Kier alpha value is -0.0800. The van der Waals surface area contributed by atoms with Gasteiger partial charge in [0.05, 0.1) is 0 Å². The third-order valence-corrected chi connectivity index (χ3v) is 2.14.